The molecule has 0 unspecified atom stereocenters. The molecule has 18 heavy (non-hydrogen) atoms. The number of aryl methyl sites for hydroxylation is 1. The molecule has 0 radical (unpaired) electrons. The molecule has 3 nitrogen and oxygen atoms in total. The van der Waals surface area contributed by atoms with Crippen LogP contribution in [0.4, 0.5) is 0 Å². The molecule has 96 valence electrons. The van der Waals surface area contributed by atoms with E-state index in [-0.39, 0.29) is 0 Å². The zero-order chi connectivity index (χ0) is 13.0. The Morgan fingerprint density at radius 3 is 2.89 bits per heavy atom. The summed E-state index contributed by atoms with van der Waals surface area (Å²) >= 11 is 5.26. The maximum Gasteiger partial charge on any atom is 0.122 e. The highest BCUT2D eigenvalue weighted by atomic mass is 79.9. The lowest BCUT2D eigenvalue weighted by atomic mass is 10.3. The number of rotatable bonds is 5. The van der Waals surface area contributed by atoms with Gasteiger partial charge in [-0.05, 0) is 34.3 Å². The first-order valence-electron chi connectivity index (χ1n) is 5.63. The summed E-state index contributed by atoms with van der Waals surface area (Å²) in [6, 6.07) is 5.96. The zero-order valence-electron chi connectivity index (χ0n) is 10.4. The molecule has 0 saturated heterocycles. The lowest BCUT2D eigenvalue weighted by molar-refractivity contribution is 0.412. The molecule has 2 aromatic heterocycles. The van der Waals surface area contributed by atoms with Crippen LogP contribution in [0.3, 0.4) is 0 Å². The van der Waals surface area contributed by atoms with Crippen LogP contribution in [-0.2, 0) is 13.1 Å². The molecule has 0 aliphatic heterocycles. The molecule has 2 rings (SSSR count). The molecule has 0 amide bonds. The first-order valence-corrected chi connectivity index (χ1v) is 7.30. The monoisotopic (exact) mass is 326 g/mol. The zero-order valence-corrected chi connectivity index (χ0v) is 12.8. The first-order chi connectivity index (χ1) is 8.69. The Hall–Kier alpha value is -0.910. The van der Waals surface area contributed by atoms with Crippen molar-refractivity contribution in [2.45, 2.75) is 20.0 Å². The summed E-state index contributed by atoms with van der Waals surface area (Å²) in [5, 5.41) is 5.46. The topological polar surface area (TPSA) is 34.1 Å². The summed E-state index contributed by atoms with van der Waals surface area (Å²) in [7, 11) is 1.68. The third kappa shape index (κ3) is 3.54. The number of thiophene rings is 1. The Morgan fingerprint density at radius 1 is 1.39 bits per heavy atom. The maximum absolute atomic E-state index is 5.23. The number of nitrogens with zero attached hydrogens (tertiary/aromatic N) is 1. The van der Waals surface area contributed by atoms with Gasteiger partial charge in [0.25, 0.3) is 0 Å². The lowest BCUT2D eigenvalue weighted by Gasteiger charge is -2.07. The Morgan fingerprint density at radius 2 is 2.22 bits per heavy atom. The van der Waals surface area contributed by atoms with Gasteiger partial charge < -0.3 is 10.1 Å². The van der Waals surface area contributed by atoms with E-state index < -0.39 is 0 Å². The van der Waals surface area contributed by atoms with E-state index >= 15 is 0 Å². The van der Waals surface area contributed by atoms with Crippen molar-refractivity contribution in [3.05, 3.63) is 44.3 Å². The van der Waals surface area contributed by atoms with Crippen LogP contribution in [0.25, 0.3) is 0 Å². The maximum atomic E-state index is 5.23. The second-order valence-corrected chi connectivity index (χ2v) is 5.79. The minimum atomic E-state index is 0.738. The smallest absolute Gasteiger partial charge is 0.122 e. The molecular formula is C13H15BrN2OS. The van der Waals surface area contributed by atoms with Gasteiger partial charge in [-0.2, -0.15) is 0 Å². The molecule has 5 heteroatoms. The number of methoxy groups -OCH3 is 1. The van der Waals surface area contributed by atoms with Gasteiger partial charge in [0.15, 0.2) is 0 Å². The average molecular weight is 327 g/mol. The van der Waals surface area contributed by atoms with Gasteiger partial charge in [0.2, 0.25) is 0 Å². The largest absolute Gasteiger partial charge is 0.497 e. The second kappa shape index (κ2) is 6.31. The third-order valence-electron chi connectivity index (χ3n) is 2.50. The summed E-state index contributed by atoms with van der Waals surface area (Å²) in [5.41, 5.74) is 1.97. The molecule has 1 N–H and O–H groups in total. The van der Waals surface area contributed by atoms with Crippen LogP contribution >= 0.6 is 27.3 Å². The van der Waals surface area contributed by atoms with Crippen LogP contribution in [0.1, 0.15) is 16.3 Å². The summed E-state index contributed by atoms with van der Waals surface area (Å²) in [4.78, 5) is 5.77. The van der Waals surface area contributed by atoms with Crippen molar-refractivity contribution in [1.82, 2.24) is 10.3 Å². The van der Waals surface area contributed by atoms with Crippen LogP contribution in [0.5, 0.6) is 5.75 Å². The SMILES string of the molecule is COc1cc(C)nc(CNCc2sccc2Br)c1. The van der Waals surface area contributed by atoms with E-state index in [1.54, 1.807) is 18.4 Å². The standard InChI is InChI=1S/C13H15BrN2OS/c1-9-5-11(17-2)6-10(16-9)7-15-8-13-12(14)3-4-18-13/h3-6,15H,7-8H2,1-2H3. The van der Waals surface area contributed by atoms with Crippen molar-refractivity contribution < 1.29 is 4.74 Å². The average Bonchev–Trinajstić information content (AvgIpc) is 2.74. The molecule has 0 atom stereocenters. The summed E-state index contributed by atoms with van der Waals surface area (Å²) in [6.07, 6.45) is 0. The van der Waals surface area contributed by atoms with Crippen LogP contribution in [0.2, 0.25) is 0 Å². The highest BCUT2D eigenvalue weighted by Crippen LogP contribution is 2.22. The van der Waals surface area contributed by atoms with E-state index in [4.69, 9.17) is 4.74 Å². The Bertz CT molecular complexity index is 527. The van der Waals surface area contributed by atoms with Gasteiger partial charge in [-0.1, -0.05) is 0 Å². The van der Waals surface area contributed by atoms with Gasteiger partial charge in [-0.25, -0.2) is 0 Å². The van der Waals surface area contributed by atoms with Crippen LogP contribution < -0.4 is 10.1 Å². The molecule has 0 aromatic carbocycles. The first kappa shape index (κ1) is 13.5. The van der Waals surface area contributed by atoms with Crippen molar-refractivity contribution in [1.29, 1.82) is 0 Å². The fraction of sp³-hybridized carbons (Fsp3) is 0.308. The van der Waals surface area contributed by atoms with Gasteiger partial charge in [-0.15, -0.1) is 11.3 Å². The van der Waals surface area contributed by atoms with E-state index in [0.717, 1.165) is 34.7 Å². The predicted molar refractivity (Wildman–Crippen MR) is 78.1 cm³/mol. The molecule has 0 fully saturated rings. The lowest BCUT2D eigenvalue weighted by Crippen LogP contribution is -2.13. The molecule has 0 saturated carbocycles. The van der Waals surface area contributed by atoms with Crippen molar-refractivity contribution in [3.8, 4) is 5.75 Å². The summed E-state index contributed by atoms with van der Waals surface area (Å²) < 4.78 is 6.40. The minimum absolute atomic E-state index is 0.738. The van der Waals surface area contributed by atoms with Gasteiger partial charge in [0, 0.05) is 40.3 Å². The highest BCUT2D eigenvalue weighted by Gasteiger charge is 2.03. The number of pyridine rings is 1. The molecular weight excluding hydrogens is 312 g/mol. The molecule has 0 spiro atoms. The summed E-state index contributed by atoms with van der Waals surface area (Å²) in [6.45, 7) is 3.56. The van der Waals surface area contributed by atoms with Crippen molar-refractivity contribution in [3.63, 3.8) is 0 Å². The number of aromatic nitrogens is 1. The van der Waals surface area contributed by atoms with Crippen LogP contribution in [-0.4, -0.2) is 12.1 Å². The number of hydrogen-bond donors (Lipinski definition) is 1. The highest BCUT2D eigenvalue weighted by molar-refractivity contribution is 9.10. The summed E-state index contributed by atoms with van der Waals surface area (Å²) in [5.74, 6) is 0.858. The van der Waals surface area contributed by atoms with E-state index in [2.05, 4.69) is 37.7 Å². The minimum Gasteiger partial charge on any atom is -0.497 e. The molecule has 2 heterocycles. The number of ether oxygens (including phenoxy) is 1. The van der Waals surface area contributed by atoms with Gasteiger partial charge in [0.05, 0.1) is 12.8 Å². The van der Waals surface area contributed by atoms with Crippen LogP contribution in [0, 0.1) is 6.92 Å². The Labute approximate surface area is 119 Å². The molecule has 0 aliphatic carbocycles. The number of halogens is 1. The quantitative estimate of drug-likeness (QED) is 0.912. The van der Waals surface area contributed by atoms with Gasteiger partial charge in [-0.3, -0.25) is 4.98 Å². The van der Waals surface area contributed by atoms with Gasteiger partial charge in [0.1, 0.15) is 5.75 Å². The van der Waals surface area contributed by atoms with Crippen molar-refractivity contribution in [2.75, 3.05) is 7.11 Å². The normalized spacial score (nSPS) is 10.6. The van der Waals surface area contributed by atoms with Crippen molar-refractivity contribution >= 4 is 27.3 Å². The predicted octanol–water partition coefficient (Wildman–Crippen LogP) is 3.51. The van der Waals surface area contributed by atoms with Crippen molar-refractivity contribution in [2.24, 2.45) is 0 Å². The van der Waals surface area contributed by atoms with E-state index in [9.17, 15) is 0 Å². The third-order valence-corrected chi connectivity index (χ3v) is 4.42. The number of hydrogen-bond acceptors (Lipinski definition) is 4. The van der Waals surface area contributed by atoms with E-state index in [0.29, 0.717) is 0 Å². The fourth-order valence-electron chi connectivity index (χ4n) is 1.67. The Balaban J connectivity index is 1.94. The van der Waals surface area contributed by atoms with Gasteiger partial charge >= 0.3 is 0 Å². The molecule has 0 bridgehead atoms. The van der Waals surface area contributed by atoms with E-state index in [1.165, 1.54) is 4.88 Å². The molecule has 0 aliphatic rings. The second-order valence-electron chi connectivity index (χ2n) is 3.93. The number of nitrogens with one attached hydrogen (secondary N) is 1. The fourth-order valence-corrected chi connectivity index (χ4v) is 3.13. The van der Waals surface area contributed by atoms with E-state index in [1.807, 2.05) is 19.1 Å². The molecule has 2 aromatic rings. The Kier molecular flexibility index (Phi) is 4.74. The van der Waals surface area contributed by atoms with Crippen LogP contribution in [0.15, 0.2) is 28.1 Å².